The lowest BCUT2D eigenvalue weighted by molar-refractivity contribution is 0.0384. The van der Waals surface area contributed by atoms with E-state index in [9.17, 15) is 0 Å². The van der Waals surface area contributed by atoms with Crippen molar-refractivity contribution in [3.8, 4) is 0 Å². The number of ether oxygens (including phenoxy) is 1. The molecule has 1 unspecified atom stereocenters. The van der Waals surface area contributed by atoms with Crippen LogP contribution in [0.15, 0.2) is 0 Å². The second-order valence-corrected chi connectivity index (χ2v) is 4.85. The van der Waals surface area contributed by atoms with Gasteiger partial charge < -0.3 is 15.4 Å². The maximum absolute atomic E-state index is 5.33. The molecule has 94 valence electrons. The fourth-order valence-electron chi connectivity index (χ4n) is 2.45. The van der Waals surface area contributed by atoms with Crippen molar-refractivity contribution in [1.82, 2.24) is 15.5 Å². The van der Waals surface area contributed by atoms with E-state index in [4.69, 9.17) is 4.74 Å². The minimum Gasteiger partial charge on any atom is -0.379 e. The zero-order chi connectivity index (χ0) is 11.1. The minimum absolute atomic E-state index is 0.910. The largest absolute Gasteiger partial charge is 0.379 e. The highest BCUT2D eigenvalue weighted by Crippen LogP contribution is 2.10. The zero-order valence-electron chi connectivity index (χ0n) is 10.2. The Morgan fingerprint density at radius 3 is 2.88 bits per heavy atom. The van der Waals surface area contributed by atoms with Gasteiger partial charge in [0.25, 0.3) is 0 Å². The van der Waals surface area contributed by atoms with Crippen molar-refractivity contribution in [3.05, 3.63) is 0 Å². The Hall–Kier alpha value is -0.160. The van der Waals surface area contributed by atoms with Gasteiger partial charge in [0, 0.05) is 26.2 Å². The quantitative estimate of drug-likeness (QED) is 0.622. The minimum atomic E-state index is 0.910. The second-order valence-electron chi connectivity index (χ2n) is 4.85. The smallest absolute Gasteiger partial charge is 0.0594 e. The second kappa shape index (κ2) is 7.22. The molecular formula is C12H25N3O. The van der Waals surface area contributed by atoms with Gasteiger partial charge in [-0.1, -0.05) is 0 Å². The average Bonchev–Trinajstić information content (AvgIpc) is 2.83. The summed E-state index contributed by atoms with van der Waals surface area (Å²) in [5, 5.41) is 6.96. The van der Waals surface area contributed by atoms with Gasteiger partial charge in [-0.3, -0.25) is 4.90 Å². The Morgan fingerprint density at radius 2 is 2.12 bits per heavy atom. The van der Waals surface area contributed by atoms with Crippen LogP contribution in [0.5, 0.6) is 0 Å². The SMILES string of the molecule is C(CC1CCNC1)NCCN1CCOCC1. The molecule has 4 nitrogen and oxygen atoms in total. The summed E-state index contributed by atoms with van der Waals surface area (Å²) in [4.78, 5) is 2.48. The normalized spacial score (nSPS) is 27.4. The third-order valence-electron chi connectivity index (χ3n) is 3.60. The molecule has 0 spiro atoms. The topological polar surface area (TPSA) is 36.5 Å². The van der Waals surface area contributed by atoms with Crippen molar-refractivity contribution in [2.45, 2.75) is 12.8 Å². The first-order chi connectivity index (χ1) is 7.95. The molecule has 0 aliphatic carbocycles. The van der Waals surface area contributed by atoms with Gasteiger partial charge in [0.2, 0.25) is 0 Å². The fraction of sp³-hybridized carbons (Fsp3) is 1.00. The van der Waals surface area contributed by atoms with Crippen LogP contribution < -0.4 is 10.6 Å². The van der Waals surface area contributed by atoms with Crippen molar-refractivity contribution in [2.75, 3.05) is 59.0 Å². The van der Waals surface area contributed by atoms with Crippen LogP contribution in [-0.4, -0.2) is 63.9 Å². The Bertz CT molecular complexity index is 177. The lowest BCUT2D eigenvalue weighted by atomic mass is 10.1. The molecule has 2 saturated heterocycles. The summed E-state index contributed by atoms with van der Waals surface area (Å²) in [7, 11) is 0. The summed E-state index contributed by atoms with van der Waals surface area (Å²) in [5.74, 6) is 0.913. The maximum atomic E-state index is 5.33. The van der Waals surface area contributed by atoms with Crippen molar-refractivity contribution in [2.24, 2.45) is 5.92 Å². The summed E-state index contributed by atoms with van der Waals surface area (Å²) in [6.45, 7) is 9.95. The Balaban J connectivity index is 1.42. The van der Waals surface area contributed by atoms with Crippen molar-refractivity contribution in [3.63, 3.8) is 0 Å². The third kappa shape index (κ3) is 4.37. The summed E-state index contributed by atoms with van der Waals surface area (Å²) < 4.78 is 5.33. The standard InChI is InChI=1S/C12H25N3O/c1(12-2-4-14-11-12)3-13-5-6-15-7-9-16-10-8-15/h12-14H,1-11H2. The molecule has 0 radical (unpaired) electrons. The molecule has 2 fully saturated rings. The molecule has 0 amide bonds. The number of nitrogens with one attached hydrogen (secondary N) is 2. The number of hydrogen-bond acceptors (Lipinski definition) is 4. The van der Waals surface area contributed by atoms with Gasteiger partial charge in [-0.15, -0.1) is 0 Å². The summed E-state index contributed by atoms with van der Waals surface area (Å²) in [5.41, 5.74) is 0. The predicted molar refractivity (Wildman–Crippen MR) is 65.7 cm³/mol. The Morgan fingerprint density at radius 1 is 1.25 bits per heavy atom. The van der Waals surface area contributed by atoms with Crippen LogP contribution in [0.2, 0.25) is 0 Å². The summed E-state index contributed by atoms with van der Waals surface area (Å²) in [6.07, 6.45) is 2.70. The zero-order valence-corrected chi connectivity index (χ0v) is 10.2. The molecule has 2 N–H and O–H groups in total. The van der Waals surface area contributed by atoms with Gasteiger partial charge >= 0.3 is 0 Å². The van der Waals surface area contributed by atoms with Gasteiger partial charge in [0.1, 0.15) is 0 Å². The first kappa shape index (κ1) is 12.3. The highest BCUT2D eigenvalue weighted by atomic mass is 16.5. The molecule has 16 heavy (non-hydrogen) atoms. The highest BCUT2D eigenvalue weighted by molar-refractivity contribution is 4.72. The summed E-state index contributed by atoms with van der Waals surface area (Å²) >= 11 is 0. The van der Waals surface area contributed by atoms with E-state index in [1.54, 1.807) is 0 Å². The molecular weight excluding hydrogens is 202 g/mol. The molecule has 0 saturated carbocycles. The van der Waals surface area contributed by atoms with E-state index in [0.717, 1.165) is 38.8 Å². The van der Waals surface area contributed by atoms with Crippen LogP contribution in [0.4, 0.5) is 0 Å². The van der Waals surface area contributed by atoms with E-state index in [0.29, 0.717) is 0 Å². The van der Waals surface area contributed by atoms with E-state index in [1.807, 2.05) is 0 Å². The first-order valence-corrected chi connectivity index (χ1v) is 6.66. The fourth-order valence-corrected chi connectivity index (χ4v) is 2.45. The monoisotopic (exact) mass is 227 g/mol. The molecule has 2 aliphatic heterocycles. The van der Waals surface area contributed by atoms with E-state index in [1.165, 1.54) is 39.0 Å². The molecule has 1 atom stereocenters. The van der Waals surface area contributed by atoms with Gasteiger partial charge in [0.05, 0.1) is 13.2 Å². The lowest BCUT2D eigenvalue weighted by Crippen LogP contribution is -2.40. The van der Waals surface area contributed by atoms with E-state index < -0.39 is 0 Å². The average molecular weight is 227 g/mol. The number of hydrogen-bond donors (Lipinski definition) is 2. The van der Waals surface area contributed by atoms with Crippen LogP contribution in [0, 0.1) is 5.92 Å². The van der Waals surface area contributed by atoms with Gasteiger partial charge in [-0.25, -0.2) is 0 Å². The van der Waals surface area contributed by atoms with Gasteiger partial charge in [-0.05, 0) is 38.4 Å². The first-order valence-electron chi connectivity index (χ1n) is 6.66. The molecule has 4 heteroatoms. The molecule has 0 aromatic carbocycles. The lowest BCUT2D eigenvalue weighted by Gasteiger charge is -2.26. The molecule has 2 aliphatic rings. The maximum Gasteiger partial charge on any atom is 0.0594 e. The van der Waals surface area contributed by atoms with Crippen LogP contribution in [0.1, 0.15) is 12.8 Å². The molecule has 0 bridgehead atoms. The van der Waals surface area contributed by atoms with Gasteiger partial charge in [-0.2, -0.15) is 0 Å². The van der Waals surface area contributed by atoms with Crippen LogP contribution in [0.3, 0.4) is 0 Å². The Kier molecular flexibility index (Phi) is 5.55. The molecule has 0 aromatic heterocycles. The third-order valence-corrected chi connectivity index (χ3v) is 3.60. The number of morpholine rings is 1. The number of nitrogens with zero attached hydrogens (tertiary/aromatic N) is 1. The molecule has 0 aromatic rings. The van der Waals surface area contributed by atoms with Crippen molar-refractivity contribution >= 4 is 0 Å². The van der Waals surface area contributed by atoms with E-state index >= 15 is 0 Å². The van der Waals surface area contributed by atoms with Gasteiger partial charge in [0.15, 0.2) is 0 Å². The summed E-state index contributed by atoms with van der Waals surface area (Å²) in [6, 6.07) is 0. The van der Waals surface area contributed by atoms with E-state index in [-0.39, 0.29) is 0 Å². The van der Waals surface area contributed by atoms with Crippen LogP contribution in [-0.2, 0) is 4.74 Å². The van der Waals surface area contributed by atoms with E-state index in [2.05, 4.69) is 15.5 Å². The van der Waals surface area contributed by atoms with Crippen molar-refractivity contribution < 1.29 is 4.74 Å². The Labute approximate surface area is 98.7 Å². The highest BCUT2D eigenvalue weighted by Gasteiger charge is 2.13. The van der Waals surface area contributed by atoms with Crippen LogP contribution >= 0.6 is 0 Å². The molecule has 2 rings (SSSR count). The van der Waals surface area contributed by atoms with Crippen molar-refractivity contribution in [1.29, 1.82) is 0 Å². The molecule has 2 heterocycles. The number of rotatable bonds is 6. The van der Waals surface area contributed by atoms with Crippen LogP contribution in [0.25, 0.3) is 0 Å². The predicted octanol–water partition coefficient (Wildman–Crippen LogP) is -0.0922.